The number of methoxy groups -OCH3 is 1. The third kappa shape index (κ3) is 3.61. The molecule has 0 fully saturated rings. The average molecular weight is 154 g/mol. The molecule has 0 aliphatic heterocycles. The summed E-state index contributed by atoms with van der Waals surface area (Å²) in [5.74, 6) is -0.273. The van der Waals surface area contributed by atoms with Crippen LogP contribution in [0.1, 0.15) is 20.3 Å². The summed E-state index contributed by atoms with van der Waals surface area (Å²) in [5.41, 5.74) is 0.623. The summed E-state index contributed by atoms with van der Waals surface area (Å²) >= 11 is 0. The molecule has 0 heterocycles. The van der Waals surface area contributed by atoms with E-state index in [0.717, 1.165) is 6.42 Å². The summed E-state index contributed by atoms with van der Waals surface area (Å²) in [4.78, 5) is 11.0. The van der Waals surface area contributed by atoms with E-state index in [9.17, 15) is 4.79 Å². The first-order valence-electron chi connectivity index (χ1n) is 3.67. The van der Waals surface area contributed by atoms with Crippen LogP contribution in [0.3, 0.4) is 0 Å². The maximum atomic E-state index is 11.0. The zero-order valence-corrected chi connectivity index (χ0v) is 7.26. The lowest BCUT2D eigenvalue weighted by atomic mass is 10.2. The van der Waals surface area contributed by atoms with E-state index in [1.54, 1.807) is 6.08 Å². The van der Waals surface area contributed by atoms with Crippen molar-refractivity contribution in [3.63, 3.8) is 0 Å². The van der Waals surface area contributed by atoms with Gasteiger partial charge < -0.3 is 4.74 Å². The van der Waals surface area contributed by atoms with E-state index in [-0.39, 0.29) is 5.97 Å². The molecule has 2 heteroatoms. The third-order valence-corrected chi connectivity index (χ3v) is 1.19. The van der Waals surface area contributed by atoms with Crippen molar-refractivity contribution >= 4 is 5.97 Å². The summed E-state index contributed by atoms with van der Waals surface area (Å²) in [6.45, 7) is 3.85. The molecule has 0 saturated heterocycles. The van der Waals surface area contributed by atoms with E-state index < -0.39 is 0 Å². The fourth-order valence-corrected chi connectivity index (χ4v) is 0.737. The third-order valence-electron chi connectivity index (χ3n) is 1.19. The zero-order chi connectivity index (χ0) is 8.69. The van der Waals surface area contributed by atoms with Gasteiger partial charge in [-0.1, -0.05) is 25.2 Å². The Bertz CT molecular complexity index is 178. The first kappa shape index (κ1) is 9.95. The molecule has 0 spiro atoms. The number of ether oxygens (including phenoxy) is 1. The van der Waals surface area contributed by atoms with E-state index in [0.29, 0.717) is 5.57 Å². The van der Waals surface area contributed by atoms with Gasteiger partial charge in [0.1, 0.15) is 0 Å². The SMILES string of the molecule is CC=CC(=CCC)C(=O)OC. The summed E-state index contributed by atoms with van der Waals surface area (Å²) in [7, 11) is 1.38. The van der Waals surface area contributed by atoms with Crippen molar-refractivity contribution < 1.29 is 9.53 Å². The molecule has 0 aromatic rings. The van der Waals surface area contributed by atoms with Crippen LogP contribution in [-0.4, -0.2) is 13.1 Å². The molecule has 0 amide bonds. The molecule has 0 aromatic heterocycles. The van der Waals surface area contributed by atoms with Crippen LogP contribution in [0.25, 0.3) is 0 Å². The standard InChI is InChI=1S/C9H14O2/c1-4-6-8(7-5-2)9(10)11-3/h4,6-7H,5H2,1-3H3. The normalized spacial score (nSPS) is 12.1. The van der Waals surface area contributed by atoms with Crippen molar-refractivity contribution in [2.45, 2.75) is 20.3 Å². The quantitative estimate of drug-likeness (QED) is 0.353. The van der Waals surface area contributed by atoms with Crippen molar-refractivity contribution in [1.82, 2.24) is 0 Å². The van der Waals surface area contributed by atoms with Gasteiger partial charge in [-0.15, -0.1) is 0 Å². The van der Waals surface area contributed by atoms with Gasteiger partial charge in [0, 0.05) is 0 Å². The van der Waals surface area contributed by atoms with Crippen molar-refractivity contribution in [3.8, 4) is 0 Å². The second-order valence-corrected chi connectivity index (χ2v) is 2.06. The average Bonchev–Trinajstić information content (AvgIpc) is 2.03. The minimum Gasteiger partial charge on any atom is -0.465 e. The molecule has 0 rings (SSSR count). The van der Waals surface area contributed by atoms with Crippen LogP contribution in [0.5, 0.6) is 0 Å². The van der Waals surface area contributed by atoms with Gasteiger partial charge in [0.25, 0.3) is 0 Å². The molecule has 0 aromatic carbocycles. The lowest BCUT2D eigenvalue weighted by molar-refractivity contribution is -0.135. The minimum atomic E-state index is -0.273. The first-order chi connectivity index (χ1) is 5.26. The molecule has 0 bridgehead atoms. The Morgan fingerprint density at radius 3 is 2.55 bits per heavy atom. The molecule has 0 N–H and O–H groups in total. The summed E-state index contributed by atoms with van der Waals surface area (Å²) in [6.07, 6.45) is 6.24. The highest BCUT2D eigenvalue weighted by molar-refractivity contribution is 5.91. The van der Waals surface area contributed by atoms with Crippen molar-refractivity contribution in [3.05, 3.63) is 23.8 Å². The maximum Gasteiger partial charge on any atom is 0.337 e. The Morgan fingerprint density at radius 2 is 2.18 bits per heavy atom. The first-order valence-corrected chi connectivity index (χ1v) is 3.67. The monoisotopic (exact) mass is 154 g/mol. The van der Waals surface area contributed by atoms with Crippen LogP contribution < -0.4 is 0 Å². The number of carbonyl (C=O) groups is 1. The lowest BCUT2D eigenvalue weighted by Gasteiger charge is -1.97. The highest BCUT2D eigenvalue weighted by atomic mass is 16.5. The molecule has 0 radical (unpaired) electrons. The second-order valence-electron chi connectivity index (χ2n) is 2.06. The fraction of sp³-hybridized carbons (Fsp3) is 0.444. The van der Waals surface area contributed by atoms with Crippen LogP contribution in [0.2, 0.25) is 0 Å². The highest BCUT2D eigenvalue weighted by Gasteiger charge is 2.02. The highest BCUT2D eigenvalue weighted by Crippen LogP contribution is 2.01. The van der Waals surface area contributed by atoms with Gasteiger partial charge in [-0.05, 0) is 13.3 Å². The molecule has 2 nitrogen and oxygen atoms in total. The number of esters is 1. The number of allylic oxidation sites excluding steroid dienone is 2. The van der Waals surface area contributed by atoms with Crippen LogP contribution in [0.15, 0.2) is 23.8 Å². The van der Waals surface area contributed by atoms with Crippen molar-refractivity contribution in [1.29, 1.82) is 0 Å². The maximum absolute atomic E-state index is 11.0. The summed E-state index contributed by atoms with van der Waals surface area (Å²) in [5, 5.41) is 0. The lowest BCUT2D eigenvalue weighted by Crippen LogP contribution is -2.02. The molecule has 0 aliphatic rings. The van der Waals surface area contributed by atoms with E-state index in [1.807, 2.05) is 26.0 Å². The van der Waals surface area contributed by atoms with Crippen LogP contribution in [0, 0.1) is 0 Å². The Labute approximate surface area is 67.6 Å². The predicted octanol–water partition coefficient (Wildman–Crippen LogP) is 2.07. The molecular weight excluding hydrogens is 140 g/mol. The van der Waals surface area contributed by atoms with E-state index in [4.69, 9.17) is 0 Å². The van der Waals surface area contributed by atoms with Crippen LogP contribution >= 0.6 is 0 Å². The molecular formula is C9H14O2. The Hall–Kier alpha value is -1.05. The number of rotatable bonds is 3. The van der Waals surface area contributed by atoms with Gasteiger partial charge in [-0.25, -0.2) is 4.79 Å². The predicted molar refractivity (Wildman–Crippen MR) is 45.2 cm³/mol. The molecule has 0 unspecified atom stereocenters. The summed E-state index contributed by atoms with van der Waals surface area (Å²) in [6, 6.07) is 0. The van der Waals surface area contributed by atoms with Gasteiger partial charge in [0.05, 0.1) is 12.7 Å². The summed E-state index contributed by atoms with van der Waals surface area (Å²) < 4.78 is 4.56. The van der Waals surface area contributed by atoms with E-state index >= 15 is 0 Å². The van der Waals surface area contributed by atoms with Gasteiger partial charge in [0.2, 0.25) is 0 Å². The molecule has 0 saturated carbocycles. The van der Waals surface area contributed by atoms with Crippen molar-refractivity contribution in [2.75, 3.05) is 7.11 Å². The number of carbonyl (C=O) groups excluding carboxylic acids is 1. The van der Waals surface area contributed by atoms with Gasteiger partial charge >= 0.3 is 5.97 Å². The molecule has 62 valence electrons. The van der Waals surface area contributed by atoms with E-state index in [2.05, 4.69) is 4.74 Å². The minimum absolute atomic E-state index is 0.273. The topological polar surface area (TPSA) is 26.3 Å². The zero-order valence-electron chi connectivity index (χ0n) is 7.26. The Kier molecular flexibility index (Phi) is 5.17. The van der Waals surface area contributed by atoms with Crippen LogP contribution in [-0.2, 0) is 9.53 Å². The van der Waals surface area contributed by atoms with Gasteiger partial charge in [-0.3, -0.25) is 0 Å². The molecule has 0 atom stereocenters. The number of hydrogen-bond donors (Lipinski definition) is 0. The second kappa shape index (κ2) is 5.71. The fourth-order valence-electron chi connectivity index (χ4n) is 0.737. The van der Waals surface area contributed by atoms with Gasteiger partial charge in [-0.2, -0.15) is 0 Å². The van der Waals surface area contributed by atoms with E-state index in [1.165, 1.54) is 7.11 Å². The smallest absolute Gasteiger partial charge is 0.337 e. The Balaban J connectivity index is 4.34. The largest absolute Gasteiger partial charge is 0.465 e. The van der Waals surface area contributed by atoms with Crippen molar-refractivity contribution in [2.24, 2.45) is 0 Å². The molecule has 0 aliphatic carbocycles. The van der Waals surface area contributed by atoms with Crippen LogP contribution in [0.4, 0.5) is 0 Å². The van der Waals surface area contributed by atoms with Gasteiger partial charge in [0.15, 0.2) is 0 Å². The number of hydrogen-bond acceptors (Lipinski definition) is 2. The molecule has 11 heavy (non-hydrogen) atoms. The Morgan fingerprint density at radius 1 is 1.55 bits per heavy atom.